The van der Waals surface area contributed by atoms with Crippen LogP contribution in [0.15, 0.2) is 48.8 Å². The standard InChI is InChI=1S/C18H21N3O/c1-20-13-17(12-19-20)16-8-5-11-21(14-16)18(22)10-9-15-6-3-2-4-7-15/h2-4,6-7,9-10,12-13,16H,5,8,11,14H2,1H3. The van der Waals surface area contributed by atoms with Crippen molar-refractivity contribution in [1.82, 2.24) is 14.7 Å². The molecule has 0 saturated carbocycles. The van der Waals surface area contributed by atoms with Gasteiger partial charge in [-0.05, 0) is 30.0 Å². The molecule has 0 bridgehead atoms. The zero-order chi connectivity index (χ0) is 15.4. The van der Waals surface area contributed by atoms with E-state index in [2.05, 4.69) is 11.3 Å². The number of piperidine rings is 1. The SMILES string of the molecule is Cn1cc(C2CCCN(C(=O)C=Cc3ccccc3)C2)cn1. The molecule has 0 N–H and O–H groups in total. The Morgan fingerprint density at radius 2 is 2.14 bits per heavy atom. The van der Waals surface area contributed by atoms with E-state index in [4.69, 9.17) is 0 Å². The van der Waals surface area contributed by atoms with Crippen molar-refractivity contribution in [2.45, 2.75) is 18.8 Å². The molecule has 1 saturated heterocycles. The van der Waals surface area contributed by atoms with Gasteiger partial charge in [-0.25, -0.2) is 0 Å². The zero-order valence-electron chi connectivity index (χ0n) is 12.9. The van der Waals surface area contributed by atoms with Gasteiger partial charge in [-0.2, -0.15) is 5.10 Å². The second-order valence-corrected chi connectivity index (χ2v) is 5.81. The molecule has 1 aliphatic heterocycles. The average molecular weight is 295 g/mol. The van der Waals surface area contributed by atoms with Crippen LogP contribution in [-0.2, 0) is 11.8 Å². The lowest BCUT2D eigenvalue weighted by molar-refractivity contribution is -0.127. The van der Waals surface area contributed by atoms with Gasteiger partial charge in [0.2, 0.25) is 5.91 Å². The lowest BCUT2D eigenvalue weighted by atomic mass is 9.93. The second kappa shape index (κ2) is 6.60. The van der Waals surface area contributed by atoms with Crippen molar-refractivity contribution in [2.75, 3.05) is 13.1 Å². The molecule has 22 heavy (non-hydrogen) atoms. The van der Waals surface area contributed by atoms with Crippen molar-refractivity contribution in [3.05, 3.63) is 59.9 Å². The van der Waals surface area contributed by atoms with Gasteiger partial charge in [0.05, 0.1) is 6.20 Å². The maximum absolute atomic E-state index is 12.4. The summed E-state index contributed by atoms with van der Waals surface area (Å²) in [5, 5.41) is 4.24. The minimum absolute atomic E-state index is 0.0949. The van der Waals surface area contributed by atoms with Gasteiger partial charge in [-0.1, -0.05) is 30.3 Å². The molecule has 1 atom stereocenters. The average Bonchev–Trinajstić information content (AvgIpc) is 3.00. The molecule has 2 heterocycles. The molecular formula is C18H21N3O. The minimum Gasteiger partial charge on any atom is -0.339 e. The second-order valence-electron chi connectivity index (χ2n) is 5.81. The molecule has 1 unspecified atom stereocenters. The Balaban J connectivity index is 1.64. The van der Waals surface area contributed by atoms with Crippen LogP contribution < -0.4 is 0 Å². The van der Waals surface area contributed by atoms with E-state index in [1.54, 1.807) is 6.08 Å². The molecule has 2 aromatic rings. The summed E-state index contributed by atoms with van der Waals surface area (Å²) < 4.78 is 1.82. The third-order valence-electron chi connectivity index (χ3n) is 4.15. The van der Waals surface area contributed by atoms with Crippen LogP contribution in [0, 0.1) is 0 Å². The normalized spacial score (nSPS) is 18.8. The molecule has 0 spiro atoms. The van der Waals surface area contributed by atoms with Crippen LogP contribution in [-0.4, -0.2) is 33.7 Å². The van der Waals surface area contributed by atoms with Gasteiger partial charge < -0.3 is 4.90 Å². The highest BCUT2D eigenvalue weighted by molar-refractivity contribution is 5.91. The summed E-state index contributed by atoms with van der Waals surface area (Å²) >= 11 is 0. The van der Waals surface area contributed by atoms with Gasteiger partial charge in [0.1, 0.15) is 0 Å². The molecule has 1 aliphatic rings. The molecule has 0 aliphatic carbocycles. The third kappa shape index (κ3) is 3.45. The quantitative estimate of drug-likeness (QED) is 0.817. The fourth-order valence-corrected chi connectivity index (χ4v) is 2.94. The monoisotopic (exact) mass is 295 g/mol. The Labute approximate surface area is 131 Å². The molecule has 4 nitrogen and oxygen atoms in total. The highest BCUT2D eigenvalue weighted by atomic mass is 16.2. The number of amides is 1. The summed E-state index contributed by atoms with van der Waals surface area (Å²) in [6, 6.07) is 9.92. The Bertz CT molecular complexity index is 660. The molecular weight excluding hydrogens is 274 g/mol. The Morgan fingerprint density at radius 3 is 2.86 bits per heavy atom. The third-order valence-corrected chi connectivity index (χ3v) is 4.15. The smallest absolute Gasteiger partial charge is 0.246 e. The van der Waals surface area contributed by atoms with Crippen LogP contribution in [0.2, 0.25) is 0 Å². The molecule has 114 valence electrons. The summed E-state index contributed by atoms with van der Waals surface area (Å²) in [7, 11) is 1.93. The lowest BCUT2D eigenvalue weighted by Gasteiger charge is -2.31. The molecule has 4 heteroatoms. The summed E-state index contributed by atoms with van der Waals surface area (Å²) in [5.41, 5.74) is 2.28. The number of aromatic nitrogens is 2. The van der Waals surface area contributed by atoms with E-state index in [0.717, 1.165) is 31.5 Å². The number of nitrogens with zero attached hydrogens (tertiary/aromatic N) is 3. The van der Waals surface area contributed by atoms with Crippen molar-refractivity contribution in [1.29, 1.82) is 0 Å². The lowest BCUT2D eigenvalue weighted by Crippen LogP contribution is -2.38. The van der Waals surface area contributed by atoms with Gasteiger partial charge in [0.15, 0.2) is 0 Å². The molecule has 1 fully saturated rings. The van der Waals surface area contributed by atoms with Crippen molar-refractivity contribution in [2.24, 2.45) is 7.05 Å². The molecule has 1 amide bonds. The molecule has 3 rings (SSSR count). The van der Waals surface area contributed by atoms with Crippen molar-refractivity contribution in [3.63, 3.8) is 0 Å². The topological polar surface area (TPSA) is 38.1 Å². The number of rotatable bonds is 3. The highest BCUT2D eigenvalue weighted by Gasteiger charge is 2.24. The van der Waals surface area contributed by atoms with Gasteiger partial charge >= 0.3 is 0 Å². The van der Waals surface area contributed by atoms with Crippen LogP contribution in [0.4, 0.5) is 0 Å². The predicted octanol–water partition coefficient (Wildman–Crippen LogP) is 2.84. The number of hydrogen-bond acceptors (Lipinski definition) is 2. The Kier molecular flexibility index (Phi) is 4.37. The maximum atomic E-state index is 12.4. The first-order chi connectivity index (χ1) is 10.7. The summed E-state index contributed by atoms with van der Waals surface area (Å²) in [4.78, 5) is 14.3. The predicted molar refractivity (Wildman–Crippen MR) is 87.2 cm³/mol. The van der Waals surface area contributed by atoms with Crippen LogP contribution >= 0.6 is 0 Å². The van der Waals surface area contributed by atoms with Gasteiger partial charge in [0.25, 0.3) is 0 Å². The summed E-state index contributed by atoms with van der Waals surface area (Å²) in [6.07, 6.45) is 9.70. The first-order valence-corrected chi connectivity index (χ1v) is 7.73. The highest BCUT2D eigenvalue weighted by Crippen LogP contribution is 2.26. The van der Waals surface area contributed by atoms with Crippen molar-refractivity contribution in [3.8, 4) is 0 Å². The zero-order valence-corrected chi connectivity index (χ0v) is 12.9. The molecule has 0 radical (unpaired) electrons. The Hall–Kier alpha value is -2.36. The molecule has 1 aromatic carbocycles. The number of aryl methyl sites for hydroxylation is 1. The van der Waals surface area contributed by atoms with Crippen LogP contribution in [0.3, 0.4) is 0 Å². The summed E-state index contributed by atoms with van der Waals surface area (Å²) in [6.45, 7) is 1.62. The molecule has 1 aromatic heterocycles. The summed E-state index contributed by atoms with van der Waals surface area (Å²) in [5.74, 6) is 0.494. The Morgan fingerprint density at radius 1 is 1.32 bits per heavy atom. The fourth-order valence-electron chi connectivity index (χ4n) is 2.94. The van der Waals surface area contributed by atoms with E-state index >= 15 is 0 Å². The van der Waals surface area contributed by atoms with E-state index in [1.807, 2.05) is 59.2 Å². The number of hydrogen-bond donors (Lipinski definition) is 0. The fraction of sp³-hybridized carbons (Fsp3) is 0.333. The number of carbonyl (C=O) groups excluding carboxylic acids is 1. The number of likely N-dealkylation sites (tertiary alicyclic amines) is 1. The first-order valence-electron chi connectivity index (χ1n) is 7.73. The van der Waals surface area contributed by atoms with Crippen LogP contribution in [0.5, 0.6) is 0 Å². The van der Waals surface area contributed by atoms with E-state index in [1.165, 1.54) is 5.56 Å². The van der Waals surface area contributed by atoms with Gasteiger partial charge in [-0.15, -0.1) is 0 Å². The largest absolute Gasteiger partial charge is 0.339 e. The van der Waals surface area contributed by atoms with Crippen molar-refractivity contribution < 1.29 is 4.79 Å². The van der Waals surface area contributed by atoms with E-state index < -0.39 is 0 Å². The van der Waals surface area contributed by atoms with Crippen LogP contribution in [0.25, 0.3) is 6.08 Å². The van der Waals surface area contributed by atoms with Gasteiger partial charge in [0, 0.05) is 38.3 Å². The minimum atomic E-state index is 0.0949. The van der Waals surface area contributed by atoms with E-state index in [-0.39, 0.29) is 5.91 Å². The number of carbonyl (C=O) groups is 1. The van der Waals surface area contributed by atoms with E-state index in [0.29, 0.717) is 5.92 Å². The van der Waals surface area contributed by atoms with Crippen molar-refractivity contribution >= 4 is 12.0 Å². The van der Waals surface area contributed by atoms with E-state index in [9.17, 15) is 4.79 Å². The van der Waals surface area contributed by atoms with Crippen LogP contribution in [0.1, 0.15) is 29.9 Å². The maximum Gasteiger partial charge on any atom is 0.246 e. The number of benzene rings is 1. The first kappa shape index (κ1) is 14.6. The van der Waals surface area contributed by atoms with Gasteiger partial charge in [-0.3, -0.25) is 9.48 Å².